The fraction of sp³-hybridized carbons (Fsp3) is 0.700. The molecule has 1 aromatic heterocycles. The average Bonchev–Trinajstić information content (AvgIpc) is 2.58. The smallest absolute Gasteiger partial charge is 0.0534 e. The van der Waals surface area contributed by atoms with E-state index in [9.17, 15) is 4.21 Å². The van der Waals surface area contributed by atoms with Gasteiger partial charge in [-0.15, -0.1) is 0 Å². The van der Waals surface area contributed by atoms with Crippen LogP contribution in [0.4, 0.5) is 0 Å². The third-order valence-electron chi connectivity index (χ3n) is 2.25. The summed E-state index contributed by atoms with van der Waals surface area (Å²) in [5.74, 6) is 0.765. The van der Waals surface area contributed by atoms with Gasteiger partial charge in [-0.05, 0) is 13.3 Å². The van der Waals surface area contributed by atoms with Crippen LogP contribution < -0.4 is 5.32 Å². The molecule has 0 bridgehead atoms. The highest BCUT2D eigenvalue weighted by Gasteiger charge is 2.03. The first-order chi connectivity index (χ1) is 7.08. The molecule has 0 aliphatic carbocycles. The lowest BCUT2D eigenvalue weighted by molar-refractivity contribution is 0.534. The molecule has 0 aliphatic heterocycles. The average molecular weight is 229 g/mol. The van der Waals surface area contributed by atoms with Gasteiger partial charge in [-0.1, -0.05) is 0 Å². The number of aryl methyl sites for hydroxylation is 1. The molecule has 5 heteroatoms. The summed E-state index contributed by atoms with van der Waals surface area (Å²) >= 11 is 0. The minimum Gasteiger partial charge on any atom is -0.310 e. The Morgan fingerprint density at radius 3 is 2.93 bits per heavy atom. The molecule has 15 heavy (non-hydrogen) atoms. The fourth-order valence-corrected chi connectivity index (χ4v) is 1.99. The molecular formula is C10H19N3OS. The summed E-state index contributed by atoms with van der Waals surface area (Å²) < 4.78 is 12.7. The summed E-state index contributed by atoms with van der Waals surface area (Å²) in [6.45, 7) is 2.94. The lowest BCUT2D eigenvalue weighted by atomic mass is 10.2. The molecule has 0 amide bonds. The van der Waals surface area contributed by atoms with Crippen LogP contribution in [-0.4, -0.2) is 32.0 Å². The number of nitrogens with one attached hydrogen (secondary N) is 1. The van der Waals surface area contributed by atoms with Crippen LogP contribution in [-0.2, 0) is 24.4 Å². The molecule has 1 N–H and O–H groups in total. The van der Waals surface area contributed by atoms with E-state index in [2.05, 4.69) is 17.3 Å². The SMILES string of the molecule is CC(CCS(C)=O)NCc1cnn(C)c1. The predicted molar refractivity (Wildman–Crippen MR) is 63.1 cm³/mol. The van der Waals surface area contributed by atoms with E-state index in [1.165, 1.54) is 5.56 Å². The monoisotopic (exact) mass is 229 g/mol. The fourth-order valence-electron chi connectivity index (χ4n) is 1.30. The summed E-state index contributed by atoms with van der Waals surface area (Å²) in [6.07, 6.45) is 6.55. The molecule has 0 saturated heterocycles. The number of rotatable bonds is 6. The first-order valence-electron chi connectivity index (χ1n) is 5.09. The van der Waals surface area contributed by atoms with Crippen molar-refractivity contribution in [1.29, 1.82) is 0 Å². The van der Waals surface area contributed by atoms with E-state index in [-0.39, 0.29) is 0 Å². The van der Waals surface area contributed by atoms with Crippen molar-refractivity contribution in [2.45, 2.75) is 25.9 Å². The Labute approximate surface area is 93.5 Å². The van der Waals surface area contributed by atoms with Gasteiger partial charge < -0.3 is 5.32 Å². The van der Waals surface area contributed by atoms with Gasteiger partial charge in [0, 0.05) is 54.2 Å². The molecule has 1 aromatic rings. The van der Waals surface area contributed by atoms with Crippen LogP contribution in [0.2, 0.25) is 0 Å². The molecule has 1 rings (SSSR count). The normalized spacial score (nSPS) is 15.1. The highest BCUT2D eigenvalue weighted by molar-refractivity contribution is 7.84. The first kappa shape index (κ1) is 12.4. The molecule has 0 radical (unpaired) electrons. The van der Waals surface area contributed by atoms with Crippen molar-refractivity contribution in [3.63, 3.8) is 0 Å². The van der Waals surface area contributed by atoms with Gasteiger partial charge in [-0.3, -0.25) is 8.89 Å². The second-order valence-electron chi connectivity index (χ2n) is 3.87. The van der Waals surface area contributed by atoms with Crippen molar-refractivity contribution in [2.24, 2.45) is 7.05 Å². The van der Waals surface area contributed by atoms with E-state index in [1.54, 1.807) is 10.9 Å². The van der Waals surface area contributed by atoms with Crippen LogP contribution in [0.1, 0.15) is 18.9 Å². The molecule has 0 fully saturated rings. The predicted octanol–water partition coefficient (Wildman–Crippen LogP) is 0.667. The van der Waals surface area contributed by atoms with Gasteiger partial charge in [0.1, 0.15) is 0 Å². The van der Waals surface area contributed by atoms with E-state index < -0.39 is 10.8 Å². The second kappa shape index (κ2) is 6.02. The standard InChI is InChI=1S/C10H19N3OS/c1-9(4-5-15(3)14)11-6-10-7-12-13(2)8-10/h7-9,11H,4-6H2,1-3H3. The van der Waals surface area contributed by atoms with Crippen molar-refractivity contribution in [3.05, 3.63) is 18.0 Å². The number of nitrogens with zero attached hydrogens (tertiary/aromatic N) is 2. The third kappa shape index (κ3) is 5.09. The molecule has 0 aliphatic rings. The van der Waals surface area contributed by atoms with E-state index in [4.69, 9.17) is 0 Å². The number of hydrogen-bond donors (Lipinski definition) is 1. The van der Waals surface area contributed by atoms with Crippen molar-refractivity contribution in [1.82, 2.24) is 15.1 Å². The highest BCUT2D eigenvalue weighted by Crippen LogP contribution is 1.98. The van der Waals surface area contributed by atoms with Crippen LogP contribution in [0, 0.1) is 0 Å². The van der Waals surface area contributed by atoms with E-state index in [0.717, 1.165) is 18.7 Å². The molecular weight excluding hydrogens is 210 g/mol. The molecule has 0 aromatic carbocycles. The minimum absolute atomic E-state index is 0.397. The van der Waals surface area contributed by atoms with Crippen LogP contribution >= 0.6 is 0 Å². The zero-order valence-electron chi connectivity index (χ0n) is 9.56. The van der Waals surface area contributed by atoms with Gasteiger partial charge in [0.25, 0.3) is 0 Å². The zero-order valence-corrected chi connectivity index (χ0v) is 10.4. The molecule has 0 saturated carbocycles. The van der Waals surface area contributed by atoms with Gasteiger partial charge in [-0.2, -0.15) is 5.10 Å². The Bertz CT molecular complexity index is 324. The van der Waals surface area contributed by atoms with Gasteiger partial charge in [0.15, 0.2) is 0 Å². The van der Waals surface area contributed by atoms with Crippen LogP contribution in [0.5, 0.6) is 0 Å². The summed E-state index contributed by atoms with van der Waals surface area (Å²) in [5, 5.41) is 7.48. The quantitative estimate of drug-likeness (QED) is 0.780. The van der Waals surface area contributed by atoms with Crippen molar-refractivity contribution >= 4 is 10.8 Å². The van der Waals surface area contributed by atoms with Crippen LogP contribution in [0.15, 0.2) is 12.4 Å². The van der Waals surface area contributed by atoms with E-state index >= 15 is 0 Å². The van der Waals surface area contributed by atoms with Crippen molar-refractivity contribution < 1.29 is 4.21 Å². The van der Waals surface area contributed by atoms with Crippen LogP contribution in [0.25, 0.3) is 0 Å². The van der Waals surface area contributed by atoms with Gasteiger partial charge in [0.2, 0.25) is 0 Å². The summed E-state index contributed by atoms with van der Waals surface area (Å²) in [4.78, 5) is 0. The van der Waals surface area contributed by atoms with Gasteiger partial charge in [-0.25, -0.2) is 0 Å². The topological polar surface area (TPSA) is 46.9 Å². The maximum atomic E-state index is 10.9. The van der Waals surface area contributed by atoms with Crippen LogP contribution in [0.3, 0.4) is 0 Å². The maximum Gasteiger partial charge on any atom is 0.0534 e. The number of aromatic nitrogens is 2. The molecule has 86 valence electrons. The summed E-state index contributed by atoms with van der Waals surface area (Å²) in [5.41, 5.74) is 1.18. The van der Waals surface area contributed by atoms with Crippen molar-refractivity contribution in [3.8, 4) is 0 Å². The third-order valence-corrected chi connectivity index (χ3v) is 3.06. The highest BCUT2D eigenvalue weighted by atomic mass is 32.2. The van der Waals surface area contributed by atoms with Crippen molar-refractivity contribution in [2.75, 3.05) is 12.0 Å². The largest absolute Gasteiger partial charge is 0.310 e. The Morgan fingerprint density at radius 2 is 2.40 bits per heavy atom. The first-order valence-corrected chi connectivity index (χ1v) is 6.81. The Hall–Kier alpha value is -0.680. The lowest BCUT2D eigenvalue weighted by Gasteiger charge is -2.11. The molecule has 2 atom stereocenters. The minimum atomic E-state index is -0.687. The molecule has 0 spiro atoms. The van der Waals surface area contributed by atoms with Gasteiger partial charge in [0.05, 0.1) is 6.20 Å². The summed E-state index contributed by atoms with van der Waals surface area (Å²) in [6, 6.07) is 0.397. The van der Waals surface area contributed by atoms with Gasteiger partial charge >= 0.3 is 0 Å². The van der Waals surface area contributed by atoms with E-state index in [1.807, 2.05) is 19.4 Å². The summed E-state index contributed by atoms with van der Waals surface area (Å²) in [7, 11) is 1.22. The Balaban J connectivity index is 2.22. The molecule has 4 nitrogen and oxygen atoms in total. The maximum absolute atomic E-state index is 10.9. The number of hydrogen-bond acceptors (Lipinski definition) is 3. The lowest BCUT2D eigenvalue weighted by Crippen LogP contribution is -2.26. The second-order valence-corrected chi connectivity index (χ2v) is 5.42. The van der Waals surface area contributed by atoms with E-state index in [0.29, 0.717) is 6.04 Å². The molecule has 2 unspecified atom stereocenters. The zero-order chi connectivity index (χ0) is 11.3. The molecule has 1 heterocycles. The Kier molecular flexibility index (Phi) is 4.98. The Morgan fingerprint density at radius 1 is 1.67 bits per heavy atom.